The molecular formula is C11H17N3O. The topological polar surface area (TPSA) is 42.2 Å². The van der Waals surface area contributed by atoms with E-state index < -0.39 is 0 Å². The summed E-state index contributed by atoms with van der Waals surface area (Å²) in [7, 11) is 0. The van der Waals surface area contributed by atoms with Gasteiger partial charge in [-0.1, -0.05) is 11.6 Å². The summed E-state index contributed by atoms with van der Waals surface area (Å²) in [5, 5.41) is 3.89. The van der Waals surface area contributed by atoms with E-state index in [2.05, 4.69) is 15.0 Å². The minimum Gasteiger partial charge on any atom is -0.338 e. The van der Waals surface area contributed by atoms with Crippen molar-refractivity contribution in [3.8, 4) is 0 Å². The Balaban J connectivity index is 1.78. The zero-order chi connectivity index (χ0) is 10.3. The molecule has 0 N–H and O–H groups in total. The van der Waals surface area contributed by atoms with Gasteiger partial charge in [0.1, 0.15) is 0 Å². The van der Waals surface area contributed by atoms with Crippen molar-refractivity contribution in [1.82, 2.24) is 15.0 Å². The normalized spacial score (nSPS) is 28.2. The van der Waals surface area contributed by atoms with Crippen molar-refractivity contribution in [1.29, 1.82) is 0 Å². The van der Waals surface area contributed by atoms with E-state index in [1.165, 1.54) is 38.6 Å². The molecule has 1 aliphatic carbocycles. The van der Waals surface area contributed by atoms with Gasteiger partial charge >= 0.3 is 0 Å². The van der Waals surface area contributed by atoms with Crippen LogP contribution in [0.4, 0.5) is 0 Å². The molecule has 0 bridgehead atoms. The van der Waals surface area contributed by atoms with Crippen LogP contribution in [0.1, 0.15) is 49.9 Å². The third kappa shape index (κ3) is 1.57. The van der Waals surface area contributed by atoms with E-state index in [4.69, 9.17) is 4.52 Å². The van der Waals surface area contributed by atoms with Gasteiger partial charge in [-0.2, -0.15) is 4.98 Å². The lowest BCUT2D eigenvalue weighted by atomic mass is 9.91. The third-order valence-corrected chi connectivity index (χ3v) is 3.67. The maximum atomic E-state index is 5.29. The Hall–Kier alpha value is -0.900. The molecule has 1 aliphatic heterocycles. The minimum atomic E-state index is 0.400. The van der Waals surface area contributed by atoms with Crippen molar-refractivity contribution in [3.63, 3.8) is 0 Å². The monoisotopic (exact) mass is 207 g/mol. The molecule has 2 fully saturated rings. The SMILES string of the molecule is Cc1noc(C2CCCN2C2CCC2)n1. The molecule has 1 saturated carbocycles. The average molecular weight is 207 g/mol. The van der Waals surface area contributed by atoms with Crippen molar-refractivity contribution in [2.75, 3.05) is 6.54 Å². The number of nitrogens with zero attached hydrogens (tertiary/aromatic N) is 3. The second kappa shape index (κ2) is 3.59. The predicted octanol–water partition coefficient (Wildman–Crippen LogP) is 2.07. The standard InChI is InChI=1S/C11H17N3O/c1-8-12-11(15-13-8)10-6-3-7-14(10)9-4-2-5-9/h9-10H,2-7H2,1H3. The van der Waals surface area contributed by atoms with Crippen molar-refractivity contribution in [2.24, 2.45) is 0 Å². The molecule has 4 nitrogen and oxygen atoms in total. The molecule has 1 aromatic heterocycles. The Morgan fingerprint density at radius 3 is 2.73 bits per heavy atom. The third-order valence-electron chi connectivity index (χ3n) is 3.67. The van der Waals surface area contributed by atoms with Crippen LogP contribution in [0.2, 0.25) is 0 Å². The summed E-state index contributed by atoms with van der Waals surface area (Å²) in [6, 6.07) is 1.18. The van der Waals surface area contributed by atoms with Crippen LogP contribution >= 0.6 is 0 Å². The van der Waals surface area contributed by atoms with Crippen LogP contribution in [-0.2, 0) is 0 Å². The van der Waals surface area contributed by atoms with Gasteiger partial charge in [-0.25, -0.2) is 0 Å². The Kier molecular flexibility index (Phi) is 2.24. The highest BCUT2D eigenvalue weighted by molar-refractivity contribution is 4.99. The Bertz CT molecular complexity index is 345. The maximum Gasteiger partial charge on any atom is 0.243 e. The molecule has 2 aliphatic rings. The van der Waals surface area contributed by atoms with Gasteiger partial charge in [-0.05, 0) is 39.2 Å². The zero-order valence-corrected chi connectivity index (χ0v) is 9.15. The molecule has 4 heteroatoms. The Labute approximate surface area is 89.6 Å². The molecule has 1 saturated heterocycles. The second-order valence-electron chi connectivity index (χ2n) is 4.66. The van der Waals surface area contributed by atoms with Gasteiger partial charge in [0.25, 0.3) is 0 Å². The highest BCUT2D eigenvalue weighted by Gasteiger charge is 2.37. The molecular weight excluding hydrogens is 190 g/mol. The van der Waals surface area contributed by atoms with Crippen LogP contribution in [0, 0.1) is 6.92 Å². The number of aryl methyl sites for hydroxylation is 1. The van der Waals surface area contributed by atoms with Gasteiger partial charge in [0, 0.05) is 6.04 Å². The summed E-state index contributed by atoms with van der Waals surface area (Å²) in [6.45, 7) is 3.09. The quantitative estimate of drug-likeness (QED) is 0.744. The molecule has 0 radical (unpaired) electrons. The molecule has 2 heterocycles. The van der Waals surface area contributed by atoms with Gasteiger partial charge in [0.15, 0.2) is 5.82 Å². The van der Waals surface area contributed by atoms with Crippen LogP contribution in [0.5, 0.6) is 0 Å². The maximum absolute atomic E-state index is 5.29. The average Bonchev–Trinajstić information content (AvgIpc) is 2.70. The van der Waals surface area contributed by atoms with Crippen LogP contribution in [0.15, 0.2) is 4.52 Å². The van der Waals surface area contributed by atoms with Gasteiger partial charge in [0.05, 0.1) is 6.04 Å². The second-order valence-corrected chi connectivity index (χ2v) is 4.66. The lowest BCUT2D eigenvalue weighted by molar-refractivity contribution is 0.0966. The number of likely N-dealkylation sites (tertiary alicyclic amines) is 1. The fourth-order valence-electron chi connectivity index (χ4n) is 2.66. The Morgan fingerprint density at radius 2 is 2.13 bits per heavy atom. The van der Waals surface area contributed by atoms with E-state index >= 15 is 0 Å². The molecule has 1 aromatic rings. The van der Waals surface area contributed by atoms with Crippen LogP contribution in [0.25, 0.3) is 0 Å². The summed E-state index contributed by atoms with van der Waals surface area (Å²) in [6.07, 6.45) is 6.53. The summed E-state index contributed by atoms with van der Waals surface area (Å²) in [4.78, 5) is 6.93. The molecule has 82 valence electrons. The van der Waals surface area contributed by atoms with E-state index in [-0.39, 0.29) is 0 Å². The first-order chi connectivity index (χ1) is 7.34. The molecule has 1 unspecified atom stereocenters. The van der Waals surface area contributed by atoms with E-state index in [0.717, 1.165) is 17.8 Å². The molecule has 1 atom stereocenters. The summed E-state index contributed by atoms with van der Waals surface area (Å²) >= 11 is 0. The lowest BCUT2D eigenvalue weighted by Gasteiger charge is -2.37. The summed E-state index contributed by atoms with van der Waals surface area (Å²) < 4.78 is 5.29. The van der Waals surface area contributed by atoms with E-state index in [1.54, 1.807) is 0 Å². The first-order valence-electron chi connectivity index (χ1n) is 5.90. The molecule has 3 rings (SSSR count). The lowest BCUT2D eigenvalue weighted by Crippen LogP contribution is -2.39. The van der Waals surface area contributed by atoms with Gasteiger partial charge in [-0.15, -0.1) is 0 Å². The van der Waals surface area contributed by atoms with Crippen molar-refractivity contribution >= 4 is 0 Å². The smallest absolute Gasteiger partial charge is 0.243 e. The van der Waals surface area contributed by atoms with E-state index in [0.29, 0.717) is 6.04 Å². The number of hydrogen-bond acceptors (Lipinski definition) is 4. The number of rotatable bonds is 2. The highest BCUT2D eigenvalue weighted by Crippen LogP contribution is 2.38. The fraction of sp³-hybridized carbons (Fsp3) is 0.818. The van der Waals surface area contributed by atoms with Crippen molar-refractivity contribution in [3.05, 3.63) is 11.7 Å². The summed E-state index contributed by atoms with van der Waals surface area (Å²) in [5.41, 5.74) is 0. The minimum absolute atomic E-state index is 0.400. The van der Waals surface area contributed by atoms with E-state index in [9.17, 15) is 0 Å². The largest absolute Gasteiger partial charge is 0.338 e. The van der Waals surface area contributed by atoms with Crippen molar-refractivity contribution < 1.29 is 4.52 Å². The zero-order valence-electron chi connectivity index (χ0n) is 9.15. The number of aromatic nitrogens is 2. The van der Waals surface area contributed by atoms with E-state index in [1.807, 2.05) is 6.92 Å². The van der Waals surface area contributed by atoms with Crippen molar-refractivity contribution in [2.45, 2.75) is 51.1 Å². The van der Waals surface area contributed by atoms with Gasteiger partial charge in [-0.3, -0.25) is 4.90 Å². The van der Waals surface area contributed by atoms with Crippen LogP contribution in [-0.4, -0.2) is 27.6 Å². The first-order valence-corrected chi connectivity index (χ1v) is 5.90. The summed E-state index contributed by atoms with van der Waals surface area (Å²) in [5.74, 6) is 1.59. The van der Waals surface area contributed by atoms with Crippen LogP contribution < -0.4 is 0 Å². The molecule has 15 heavy (non-hydrogen) atoms. The fourth-order valence-corrected chi connectivity index (χ4v) is 2.66. The van der Waals surface area contributed by atoms with Gasteiger partial charge < -0.3 is 4.52 Å². The molecule has 0 spiro atoms. The first kappa shape index (κ1) is 9.33. The molecule has 0 aromatic carbocycles. The highest BCUT2D eigenvalue weighted by atomic mass is 16.5. The number of hydrogen-bond donors (Lipinski definition) is 0. The van der Waals surface area contributed by atoms with Gasteiger partial charge in [0.2, 0.25) is 5.89 Å². The predicted molar refractivity (Wildman–Crippen MR) is 55.4 cm³/mol. The molecule has 0 amide bonds. The Morgan fingerprint density at radius 1 is 1.27 bits per heavy atom. The van der Waals surface area contributed by atoms with Crippen LogP contribution in [0.3, 0.4) is 0 Å².